The van der Waals surface area contributed by atoms with E-state index in [0.717, 1.165) is 0 Å². The van der Waals surface area contributed by atoms with Gasteiger partial charge >= 0.3 is 11.9 Å². The summed E-state index contributed by atoms with van der Waals surface area (Å²) in [5.41, 5.74) is 5.18. The minimum atomic E-state index is -1.21. The quantitative estimate of drug-likeness (QED) is 0.404. The fraction of sp³-hybridized carbons (Fsp3) is 0.692. The molecular weight excluding hydrogens is 294 g/mol. The molecule has 0 saturated carbocycles. The number of hydrogen-bond acceptors (Lipinski definition) is 5. The van der Waals surface area contributed by atoms with Crippen LogP contribution in [-0.2, 0) is 19.2 Å². The van der Waals surface area contributed by atoms with Crippen LogP contribution in [0.3, 0.4) is 0 Å². The molecule has 0 aliphatic carbocycles. The molecule has 0 saturated heterocycles. The molecule has 0 aliphatic heterocycles. The molecular formula is C13H27N3O6. The first kappa shape index (κ1) is 24.8. The minimum Gasteiger partial charge on any atom is -0.480 e. The molecule has 2 amide bonds. The average molecular weight is 321 g/mol. The Morgan fingerprint density at radius 2 is 1.36 bits per heavy atom. The summed E-state index contributed by atoms with van der Waals surface area (Å²) in [6.45, 7) is 7.10. The Morgan fingerprint density at radius 3 is 1.77 bits per heavy atom. The first-order valence-electron chi connectivity index (χ1n) is 7.06. The lowest BCUT2D eigenvalue weighted by atomic mass is 10.1. The van der Waals surface area contributed by atoms with Crippen LogP contribution in [0.15, 0.2) is 0 Å². The molecule has 22 heavy (non-hydrogen) atoms. The number of carboxylic acid groups (broad SMARTS) is 2. The van der Waals surface area contributed by atoms with Crippen molar-refractivity contribution in [1.29, 1.82) is 0 Å². The third-order valence-electron chi connectivity index (χ3n) is 1.88. The van der Waals surface area contributed by atoms with Crippen LogP contribution < -0.4 is 16.4 Å². The summed E-state index contributed by atoms with van der Waals surface area (Å²) in [6, 6.07) is -1.13. The van der Waals surface area contributed by atoms with Gasteiger partial charge in [0, 0.05) is 6.42 Å². The average Bonchev–Trinajstić information content (AvgIpc) is 2.52. The molecule has 0 radical (unpaired) electrons. The maximum Gasteiger partial charge on any atom is 0.322 e. The van der Waals surface area contributed by atoms with Crippen LogP contribution in [0.2, 0.25) is 0 Å². The zero-order valence-electron chi connectivity index (χ0n) is 13.5. The third kappa shape index (κ3) is 17.8. The second-order valence-corrected chi connectivity index (χ2v) is 3.43. The Morgan fingerprint density at radius 1 is 0.909 bits per heavy atom. The highest BCUT2D eigenvalue weighted by Gasteiger charge is 2.13. The van der Waals surface area contributed by atoms with Gasteiger partial charge in [-0.05, 0) is 6.42 Å². The van der Waals surface area contributed by atoms with E-state index < -0.39 is 36.3 Å². The van der Waals surface area contributed by atoms with Crippen LogP contribution in [0.4, 0.5) is 0 Å². The van der Waals surface area contributed by atoms with Crippen LogP contribution in [0, 0.1) is 0 Å². The smallest absolute Gasteiger partial charge is 0.322 e. The van der Waals surface area contributed by atoms with Crippen LogP contribution in [-0.4, -0.2) is 53.1 Å². The van der Waals surface area contributed by atoms with E-state index in [1.165, 1.54) is 0 Å². The SMILES string of the molecule is CC.CC.N[C@@H](CCC(=O)NCC(=O)NCC(=O)O)C(=O)O. The second-order valence-electron chi connectivity index (χ2n) is 3.43. The number of nitrogens with one attached hydrogen (secondary N) is 2. The number of amides is 2. The number of nitrogens with two attached hydrogens (primary N) is 1. The van der Waals surface area contributed by atoms with Crippen LogP contribution in [0.25, 0.3) is 0 Å². The highest BCUT2D eigenvalue weighted by molar-refractivity contribution is 5.86. The second kappa shape index (κ2) is 16.9. The highest BCUT2D eigenvalue weighted by Crippen LogP contribution is 1.94. The van der Waals surface area contributed by atoms with Crippen molar-refractivity contribution in [2.75, 3.05) is 13.1 Å². The fourth-order valence-electron chi connectivity index (χ4n) is 0.914. The maximum absolute atomic E-state index is 11.2. The molecule has 9 nitrogen and oxygen atoms in total. The summed E-state index contributed by atoms with van der Waals surface area (Å²) in [5, 5.41) is 21.0. The molecule has 0 aromatic rings. The molecule has 0 rings (SSSR count). The Bertz CT molecular complexity index is 347. The summed E-state index contributed by atoms with van der Waals surface area (Å²) in [4.78, 5) is 42.6. The zero-order valence-corrected chi connectivity index (χ0v) is 13.5. The van der Waals surface area contributed by atoms with Gasteiger partial charge in [-0.2, -0.15) is 0 Å². The summed E-state index contributed by atoms with van der Waals surface area (Å²) in [6.07, 6.45) is -0.169. The highest BCUT2D eigenvalue weighted by atomic mass is 16.4. The first-order valence-corrected chi connectivity index (χ1v) is 7.06. The zero-order chi connectivity index (χ0) is 18.1. The van der Waals surface area contributed by atoms with Crippen molar-refractivity contribution >= 4 is 23.8 Å². The van der Waals surface area contributed by atoms with Gasteiger partial charge < -0.3 is 26.6 Å². The number of carboxylic acids is 2. The van der Waals surface area contributed by atoms with E-state index in [1.807, 2.05) is 33.0 Å². The Kier molecular flexibility index (Phi) is 19.1. The molecule has 0 spiro atoms. The number of carbonyl (C=O) groups is 4. The van der Waals surface area contributed by atoms with E-state index in [0.29, 0.717) is 0 Å². The predicted molar refractivity (Wildman–Crippen MR) is 81.2 cm³/mol. The molecule has 9 heteroatoms. The van der Waals surface area contributed by atoms with Crippen molar-refractivity contribution in [2.45, 2.75) is 46.6 Å². The number of carbonyl (C=O) groups excluding carboxylic acids is 2. The van der Waals surface area contributed by atoms with E-state index in [4.69, 9.17) is 15.9 Å². The first-order chi connectivity index (χ1) is 10.3. The van der Waals surface area contributed by atoms with Crippen molar-refractivity contribution in [3.63, 3.8) is 0 Å². The van der Waals surface area contributed by atoms with Gasteiger partial charge in [0.2, 0.25) is 11.8 Å². The maximum atomic E-state index is 11.2. The molecule has 0 aromatic heterocycles. The van der Waals surface area contributed by atoms with Gasteiger partial charge in [-0.3, -0.25) is 19.2 Å². The van der Waals surface area contributed by atoms with Gasteiger partial charge in [-0.25, -0.2) is 0 Å². The molecule has 1 atom stereocenters. The number of hydrogen-bond donors (Lipinski definition) is 5. The number of aliphatic carboxylic acids is 2. The van der Waals surface area contributed by atoms with Gasteiger partial charge in [0.05, 0.1) is 6.54 Å². The number of rotatable bonds is 8. The monoisotopic (exact) mass is 321 g/mol. The molecule has 0 bridgehead atoms. The lowest BCUT2D eigenvalue weighted by Gasteiger charge is -2.07. The van der Waals surface area contributed by atoms with Gasteiger partial charge in [-0.15, -0.1) is 0 Å². The van der Waals surface area contributed by atoms with Crippen LogP contribution in [0.1, 0.15) is 40.5 Å². The Balaban J connectivity index is -0.000000826. The molecule has 0 heterocycles. The molecule has 130 valence electrons. The third-order valence-corrected chi connectivity index (χ3v) is 1.88. The lowest BCUT2D eigenvalue weighted by Crippen LogP contribution is -2.39. The van der Waals surface area contributed by atoms with E-state index in [2.05, 4.69) is 5.32 Å². The van der Waals surface area contributed by atoms with Crippen molar-refractivity contribution in [1.82, 2.24) is 10.6 Å². The summed E-state index contributed by atoms with van der Waals surface area (Å²) in [7, 11) is 0. The standard InChI is InChI=1S/C9H15N3O6.2C2H6/c10-5(9(17)18)1-2-6(13)11-3-7(14)12-4-8(15)16;2*1-2/h5H,1-4,10H2,(H,11,13)(H,12,14)(H,15,16)(H,17,18);2*1-2H3/t5-;;/m0../s1. The van der Waals surface area contributed by atoms with E-state index in [-0.39, 0.29) is 19.4 Å². The largest absolute Gasteiger partial charge is 0.480 e. The Labute approximate surface area is 130 Å². The topological polar surface area (TPSA) is 159 Å². The minimum absolute atomic E-state index is 0.0437. The summed E-state index contributed by atoms with van der Waals surface area (Å²) >= 11 is 0. The molecule has 0 unspecified atom stereocenters. The summed E-state index contributed by atoms with van der Waals surface area (Å²) in [5.74, 6) is -3.57. The summed E-state index contributed by atoms with van der Waals surface area (Å²) < 4.78 is 0. The van der Waals surface area contributed by atoms with E-state index >= 15 is 0 Å². The van der Waals surface area contributed by atoms with Gasteiger partial charge in [-0.1, -0.05) is 27.7 Å². The van der Waals surface area contributed by atoms with Crippen molar-refractivity contribution in [2.24, 2.45) is 5.73 Å². The molecule has 0 fully saturated rings. The van der Waals surface area contributed by atoms with Crippen molar-refractivity contribution < 1.29 is 29.4 Å². The van der Waals surface area contributed by atoms with Gasteiger partial charge in [0.1, 0.15) is 12.6 Å². The fourth-order valence-corrected chi connectivity index (χ4v) is 0.914. The van der Waals surface area contributed by atoms with Gasteiger partial charge in [0.25, 0.3) is 0 Å². The molecule has 6 N–H and O–H groups in total. The van der Waals surface area contributed by atoms with Crippen LogP contribution >= 0.6 is 0 Å². The lowest BCUT2D eigenvalue weighted by molar-refractivity contribution is -0.139. The van der Waals surface area contributed by atoms with Gasteiger partial charge in [0.15, 0.2) is 0 Å². The Hall–Kier alpha value is -2.16. The van der Waals surface area contributed by atoms with E-state index in [9.17, 15) is 19.2 Å². The normalized spacial score (nSPS) is 9.86. The predicted octanol–water partition coefficient (Wildman–Crippen LogP) is -0.452. The van der Waals surface area contributed by atoms with E-state index in [1.54, 1.807) is 0 Å². The van der Waals surface area contributed by atoms with Crippen LogP contribution in [0.5, 0.6) is 0 Å². The van der Waals surface area contributed by atoms with Crippen molar-refractivity contribution in [3.05, 3.63) is 0 Å². The van der Waals surface area contributed by atoms with Crippen molar-refractivity contribution in [3.8, 4) is 0 Å². The molecule has 0 aromatic carbocycles. The molecule has 0 aliphatic rings.